The second-order valence-corrected chi connectivity index (χ2v) is 11.3. The van der Waals surface area contributed by atoms with E-state index in [0.29, 0.717) is 0 Å². The SMILES string of the molecule is CCCCCCCCC[P+](c1ccccc1)(c1ccccc1)c1ccccc1. The smallest absolute Gasteiger partial charge is 0.0654 e. The van der Waals surface area contributed by atoms with E-state index in [1.807, 2.05) is 0 Å². The van der Waals surface area contributed by atoms with Crippen LogP contribution >= 0.6 is 7.26 Å². The lowest BCUT2D eigenvalue weighted by molar-refractivity contribution is 0.603. The number of benzene rings is 3. The van der Waals surface area contributed by atoms with Crippen LogP contribution in [0.5, 0.6) is 0 Å². The van der Waals surface area contributed by atoms with Crippen LogP contribution in [0.15, 0.2) is 91.0 Å². The Bertz CT molecular complexity index is 684. The third-order valence-corrected chi connectivity index (χ3v) is 10.2. The molecule has 0 fully saturated rings. The molecule has 0 spiro atoms. The lowest BCUT2D eigenvalue weighted by atomic mass is 10.1. The molecule has 146 valence electrons. The second kappa shape index (κ2) is 11.2. The van der Waals surface area contributed by atoms with Crippen molar-refractivity contribution in [1.29, 1.82) is 0 Å². The van der Waals surface area contributed by atoms with Gasteiger partial charge in [-0.2, -0.15) is 0 Å². The van der Waals surface area contributed by atoms with Gasteiger partial charge in [0.1, 0.15) is 23.2 Å². The highest BCUT2D eigenvalue weighted by Gasteiger charge is 2.44. The van der Waals surface area contributed by atoms with Crippen molar-refractivity contribution in [2.24, 2.45) is 0 Å². The van der Waals surface area contributed by atoms with E-state index in [-0.39, 0.29) is 0 Å². The van der Waals surface area contributed by atoms with Crippen LogP contribution in [0.3, 0.4) is 0 Å². The quantitative estimate of drug-likeness (QED) is 0.252. The van der Waals surface area contributed by atoms with Gasteiger partial charge in [0.2, 0.25) is 0 Å². The van der Waals surface area contributed by atoms with Gasteiger partial charge in [-0.15, -0.1) is 0 Å². The van der Waals surface area contributed by atoms with Crippen LogP contribution in [-0.4, -0.2) is 6.16 Å². The Hall–Kier alpha value is -1.91. The van der Waals surface area contributed by atoms with Crippen molar-refractivity contribution in [3.05, 3.63) is 91.0 Å². The maximum Gasteiger partial charge on any atom is 0.112 e. The zero-order valence-electron chi connectivity index (χ0n) is 17.3. The van der Waals surface area contributed by atoms with Gasteiger partial charge >= 0.3 is 0 Å². The van der Waals surface area contributed by atoms with Gasteiger partial charge in [0, 0.05) is 0 Å². The summed E-state index contributed by atoms with van der Waals surface area (Å²) in [5.41, 5.74) is 0. The van der Waals surface area contributed by atoms with Gasteiger partial charge in [-0.05, 0) is 49.2 Å². The average molecular weight is 390 g/mol. The van der Waals surface area contributed by atoms with Crippen LogP contribution in [0.4, 0.5) is 0 Å². The summed E-state index contributed by atoms with van der Waals surface area (Å²) in [6.45, 7) is 2.29. The summed E-state index contributed by atoms with van der Waals surface area (Å²) < 4.78 is 0. The molecule has 0 amide bonds. The van der Waals surface area contributed by atoms with Gasteiger partial charge in [0.15, 0.2) is 0 Å². The zero-order chi connectivity index (χ0) is 19.5. The van der Waals surface area contributed by atoms with Crippen LogP contribution < -0.4 is 15.9 Å². The lowest BCUT2D eigenvalue weighted by Crippen LogP contribution is -2.33. The minimum atomic E-state index is -1.61. The van der Waals surface area contributed by atoms with E-state index in [9.17, 15) is 0 Å². The molecule has 0 saturated carbocycles. The maximum absolute atomic E-state index is 2.36. The Labute approximate surface area is 172 Å². The van der Waals surface area contributed by atoms with Crippen molar-refractivity contribution in [1.82, 2.24) is 0 Å². The Kier molecular flexibility index (Phi) is 8.31. The Morgan fingerprint density at radius 2 is 0.821 bits per heavy atom. The Morgan fingerprint density at radius 1 is 0.464 bits per heavy atom. The van der Waals surface area contributed by atoms with Gasteiger partial charge in [-0.3, -0.25) is 0 Å². The summed E-state index contributed by atoms with van der Waals surface area (Å²) in [6.07, 6.45) is 10.8. The van der Waals surface area contributed by atoms with Crippen LogP contribution in [0.2, 0.25) is 0 Å². The summed E-state index contributed by atoms with van der Waals surface area (Å²) in [6, 6.07) is 33.8. The summed E-state index contributed by atoms with van der Waals surface area (Å²) in [4.78, 5) is 0. The van der Waals surface area contributed by atoms with E-state index >= 15 is 0 Å². The van der Waals surface area contributed by atoms with Crippen molar-refractivity contribution in [2.75, 3.05) is 6.16 Å². The molecule has 3 rings (SSSR count). The first-order valence-corrected chi connectivity index (χ1v) is 12.9. The monoisotopic (exact) mass is 389 g/mol. The van der Waals surface area contributed by atoms with E-state index in [0.717, 1.165) is 0 Å². The second-order valence-electron chi connectivity index (χ2n) is 7.66. The van der Waals surface area contributed by atoms with Crippen molar-refractivity contribution in [3.63, 3.8) is 0 Å². The van der Waals surface area contributed by atoms with Gasteiger partial charge in [0.05, 0.1) is 6.16 Å². The van der Waals surface area contributed by atoms with E-state index in [1.54, 1.807) is 0 Å². The molecular weight excluding hydrogens is 355 g/mol. The van der Waals surface area contributed by atoms with Crippen LogP contribution in [0, 0.1) is 0 Å². The van der Waals surface area contributed by atoms with Gasteiger partial charge in [0.25, 0.3) is 0 Å². The fourth-order valence-corrected chi connectivity index (χ4v) is 8.60. The first-order chi connectivity index (χ1) is 13.9. The number of unbranched alkanes of at least 4 members (excludes halogenated alkanes) is 6. The summed E-state index contributed by atoms with van der Waals surface area (Å²) >= 11 is 0. The topological polar surface area (TPSA) is 0 Å². The molecule has 0 atom stereocenters. The highest BCUT2D eigenvalue weighted by Crippen LogP contribution is 2.55. The van der Waals surface area contributed by atoms with Crippen molar-refractivity contribution in [3.8, 4) is 0 Å². The molecule has 0 aliphatic carbocycles. The fraction of sp³-hybridized carbons (Fsp3) is 0.333. The van der Waals surface area contributed by atoms with Gasteiger partial charge < -0.3 is 0 Å². The number of rotatable bonds is 11. The maximum atomic E-state index is 2.36. The molecule has 0 aliphatic rings. The first kappa shape index (κ1) is 20.8. The van der Waals surface area contributed by atoms with Crippen LogP contribution in [0.1, 0.15) is 51.9 Å². The number of hydrogen-bond acceptors (Lipinski definition) is 0. The highest BCUT2D eigenvalue weighted by molar-refractivity contribution is 7.95. The van der Waals surface area contributed by atoms with Gasteiger partial charge in [-0.1, -0.05) is 93.6 Å². The molecule has 3 aromatic carbocycles. The third kappa shape index (κ3) is 5.12. The minimum Gasteiger partial charge on any atom is -0.0654 e. The molecule has 0 heterocycles. The first-order valence-electron chi connectivity index (χ1n) is 10.9. The van der Waals surface area contributed by atoms with E-state index in [1.165, 1.54) is 67.0 Å². The van der Waals surface area contributed by atoms with Crippen molar-refractivity contribution < 1.29 is 0 Å². The van der Waals surface area contributed by atoms with E-state index < -0.39 is 7.26 Å². The van der Waals surface area contributed by atoms with E-state index in [2.05, 4.69) is 97.9 Å². The lowest BCUT2D eigenvalue weighted by Gasteiger charge is -2.27. The summed E-state index contributed by atoms with van der Waals surface area (Å²) in [5.74, 6) is 0. The molecule has 0 unspecified atom stereocenters. The normalized spacial score (nSPS) is 11.5. The molecule has 0 aromatic heterocycles. The average Bonchev–Trinajstić information content (AvgIpc) is 2.78. The molecule has 1 heteroatoms. The fourth-order valence-electron chi connectivity index (χ4n) is 4.19. The Balaban J connectivity index is 1.91. The van der Waals surface area contributed by atoms with Crippen LogP contribution in [0.25, 0.3) is 0 Å². The number of hydrogen-bond donors (Lipinski definition) is 0. The van der Waals surface area contributed by atoms with E-state index in [4.69, 9.17) is 0 Å². The molecule has 28 heavy (non-hydrogen) atoms. The summed E-state index contributed by atoms with van der Waals surface area (Å²) in [5, 5.41) is 4.54. The Morgan fingerprint density at radius 3 is 1.21 bits per heavy atom. The van der Waals surface area contributed by atoms with Crippen molar-refractivity contribution >= 4 is 23.2 Å². The highest BCUT2D eigenvalue weighted by atomic mass is 31.2. The molecule has 0 saturated heterocycles. The third-order valence-electron chi connectivity index (χ3n) is 5.69. The molecular formula is C27H34P+. The standard InChI is InChI=1S/C27H34P/c1-2-3-4-5-6-7-17-24-28(25-18-11-8-12-19-25,26-20-13-9-14-21-26)27-22-15-10-16-23-27/h8-16,18-23H,2-7,17,24H2,1H3/q+1. The zero-order valence-corrected chi connectivity index (χ0v) is 18.2. The molecule has 0 radical (unpaired) electrons. The molecule has 0 aliphatic heterocycles. The van der Waals surface area contributed by atoms with Crippen molar-refractivity contribution in [2.45, 2.75) is 51.9 Å². The van der Waals surface area contributed by atoms with Crippen LogP contribution in [-0.2, 0) is 0 Å². The molecule has 0 N–H and O–H groups in total. The molecule has 0 bridgehead atoms. The predicted molar refractivity (Wildman–Crippen MR) is 128 cm³/mol. The molecule has 0 nitrogen and oxygen atoms in total. The largest absolute Gasteiger partial charge is 0.112 e. The van der Waals surface area contributed by atoms with Gasteiger partial charge in [-0.25, -0.2) is 0 Å². The molecule has 3 aromatic rings. The predicted octanol–water partition coefficient (Wildman–Crippen LogP) is 6.73. The summed E-state index contributed by atoms with van der Waals surface area (Å²) in [7, 11) is -1.61. The minimum absolute atomic E-state index is 1.26.